The van der Waals surface area contributed by atoms with Gasteiger partial charge in [-0.2, -0.15) is 0 Å². The average molecular weight is 288 g/mol. The van der Waals surface area contributed by atoms with Crippen LogP contribution in [0, 0.1) is 12.8 Å². The molecule has 0 saturated carbocycles. The third-order valence-corrected chi connectivity index (χ3v) is 4.83. The molecule has 3 atom stereocenters. The van der Waals surface area contributed by atoms with Crippen LogP contribution in [0.1, 0.15) is 57.7 Å². The lowest BCUT2D eigenvalue weighted by molar-refractivity contribution is 0.0803. The van der Waals surface area contributed by atoms with Gasteiger partial charge in [-0.1, -0.05) is 50.6 Å². The molecule has 1 N–H and O–H groups in total. The molecule has 2 nitrogen and oxygen atoms in total. The van der Waals surface area contributed by atoms with Gasteiger partial charge >= 0.3 is 0 Å². The monoisotopic (exact) mass is 288 g/mol. The molecule has 1 saturated heterocycles. The highest BCUT2D eigenvalue weighted by atomic mass is 15.3. The third kappa shape index (κ3) is 4.31. The Morgan fingerprint density at radius 1 is 1.19 bits per heavy atom. The Bertz CT molecular complexity index is 424. The van der Waals surface area contributed by atoms with Crippen molar-refractivity contribution in [2.45, 2.75) is 65.6 Å². The summed E-state index contributed by atoms with van der Waals surface area (Å²) in [6.07, 6.45) is 2.49. The summed E-state index contributed by atoms with van der Waals surface area (Å²) in [6.45, 7) is 13.8. The summed E-state index contributed by atoms with van der Waals surface area (Å²) < 4.78 is 0. The van der Waals surface area contributed by atoms with Crippen molar-refractivity contribution in [1.82, 2.24) is 10.2 Å². The summed E-state index contributed by atoms with van der Waals surface area (Å²) in [7, 11) is 0. The Morgan fingerprint density at radius 2 is 1.86 bits per heavy atom. The minimum atomic E-state index is 0.507. The highest BCUT2D eigenvalue weighted by Crippen LogP contribution is 2.27. The first kappa shape index (κ1) is 16.5. The van der Waals surface area contributed by atoms with Gasteiger partial charge in [0.15, 0.2) is 0 Å². The minimum absolute atomic E-state index is 0.507. The summed E-state index contributed by atoms with van der Waals surface area (Å²) in [6, 6.07) is 10.9. The van der Waals surface area contributed by atoms with E-state index in [4.69, 9.17) is 0 Å². The predicted octanol–water partition coefficient (Wildman–Crippen LogP) is 4.15. The molecule has 0 bridgehead atoms. The molecular weight excluding hydrogens is 256 g/mol. The molecule has 1 fully saturated rings. The molecule has 1 aliphatic heterocycles. The van der Waals surface area contributed by atoms with Crippen molar-refractivity contribution < 1.29 is 0 Å². The second kappa shape index (κ2) is 7.42. The largest absolute Gasteiger partial charge is 0.311 e. The number of nitrogens with one attached hydrogen (secondary N) is 1. The molecule has 118 valence electrons. The standard InChI is InChI=1S/C19H32N2/c1-6-19-12-20-18(11-14(2)3)13-21(19)16(5)17-9-7-15(4)8-10-17/h7-10,14,16,18-20H,6,11-13H2,1-5H3. The van der Waals surface area contributed by atoms with Crippen molar-refractivity contribution in [3.05, 3.63) is 35.4 Å². The number of hydrogen-bond acceptors (Lipinski definition) is 2. The van der Waals surface area contributed by atoms with Crippen LogP contribution in [0.5, 0.6) is 0 Å². The van der Waals surface area contributed by atoms with Crippen LogP contribution in [-0.2, 0) is 0 Å². The summed E-state index contributed by atoms with van der Waals surface area (Å²) in [5.41, 5.74) is 2.79. The zero-order valence-corrected chi connectivity index (χ0v) is 14.4. The van der Waals surface area contributed by atoms with Crippen molar-refractivity contribution >= 4 is 0 Å². The first-order valence-corrected chi connectivity index (χ1v) is 8.57. The van der Waals surface area contributed by atoms with Gasteiger partial charge in [-0.15, -0.1) is 0 Å². The third-order valence-electron chi connectivity index (χ3n) is 4.83. The molecule has 0 aromatic heterocycles. The molecule has 0 radical (unpaired) electrons. The number of rotatable bonds is 5. The lowest BCUT2D eigenvalue weighted by atomic mass is 9.95. The molecule has 1 aliphatic rings. The van der Waals surface area contributed by atoms with Crippen molar-refractivity contribution in [3.63, 3.8) is 0 Å². The quantitative estimate of drug-likeness (QED) is 0.875. The normalized spacial score (nSPS) is 25.2. The number of benzene rings is 1. The van der Waals surface area contributed by atoms with Crippen molar-refractivity contribution in [2.75, 3.05) is 13.1 Å². The molecule has 1 heterocycles. The Labute approximate surface area is 130 Å². The highest BCUT2D eigenvalue weighted by Gasteiger charge is 2.30. The topological polar surface area (TPSA) is 15.3 Å². The zero-order valence-electron chi connectivity index (χ0n) is 14.4. The Kier molecular flexibility index (Phi) is 5.83. The van der Waals surface area contributed by atoms with E-state index in [1.54, 1.807) is 0 Å². The van der Waals surface area contributed by atoms with Crippen molar-refractivity contribution in [3.8, 4) is 0 Å². The number of aryl methyl sites for hydroxylation is 1. The molecule has 3 unspecified atom stereocenters. The molecule has 21 heavy (non-hydrogen) atoms. The van der Waals surface area contributed by atoms with Crippen molar-refractivity contribution in [2.24, 2.45) is 5.92 Å². The van der Waals surface area contributed by atoms with E-state index >= 15 is 0 Å². The van der Waals surface area contributed by atoms with Gasteiger partial charge in [-0.3, -0.25) is 4.90 Å². The summed E-state index contributed by atoms with van der Waals surface area (Å²) in [5, 5.41) is 3.76. The van der Waals surface area contributed by atoms with E-state index in [9.17, 15) is 0 Å². The highest BCUT2D eigenvalue weighted by molar-refractivity contribution is 5.24. The Balaban J connectivity index is 2.10. The lowest BCUT2D eigenvalue weighted by Crippen LogP contribution is -2.57. The fourth-order valence-electron chi connectivity index (χ4n) is 3.50. The van der Waals surface area contributed by atoms with Gasteiger partial charge in [0.1, 0.15) is 0 Å². The van der Waals surface area contributed by atoms with Crippen LogP contribution in [-0.4, -0.2) is 30.1 Å². The van der Waals surface area contributed by atoms with Crippen molar-refractivity contribution in [1.29, 1.82) is 0 Å². The van der Waals surface area contributed by atoms with E-state index in [0.29, 0.717) is 18.1 Å². The number of nitrogens with zero attached hydrogens (tertiary/aromatic N) is 1. The molecule has 1 aromatic carbocycles. The van der Waals surface area contributed by atoms with Crippen LogP contribution in [0.25, 0.3) is 0 Å². The van der Waals surface area contributed by atoms with Crippen LogP contribution in [0.3, 0.4) is 0 Å². The maximum atomic E-state index is 3.76. The lowest BCUT2D eigenvalue weighted by Gasteiger charge is -2.44. The van der Waals surface area contributed by atoms with Crippen LogP contribution in [0.2, 0.25) is 0 Å². The maximum absolute atomic E-state index is 3.76. The van der Waals surface area contributed by atoms with Gasteiger partial charge in [0.25, 0.3) is 0 Å². The molecule has 0 spiro atoms. The van der Waals surface area contributed by atoms with Gasteiger partial charge in [0, 0.05) is 31.2 Å². The van der Waals surface area contributed by atoms with Crippen LogP contribution < -0.4 is 5.32 Å². The first-order chi connectivity index (χ1) is 10.0. The van der Waals surface area contributed by atoms with Gasteiger partial charge in [-0.05, 0) is 38.2 Å². The smallest absolute Gasteiger partial charge is 0.0324 e. The van der Waals surface area contributed by atoms with E-state index in [0.717, 1.165) is 12.5 Å². The van der Waals surface area contributed by atoms with Crippen LogP contribution >= 0.6 is 0 Å². The summed E-state index contributed by atoms with van der Waals surface area (Å²) in [4.78, 5) is 2.72. The van der Waals surface area contributed by atoms with Gasteiger partial charge in [-0.25, -0.2) is 0 Å². The maximum Gasteiger partial charge on any atom is 0.0324 e. The van der Waals surface area contributed by atoms with Gasteiger partial charge < -0.3 is 5.32 Å². The predicted molar refractivity (Wildman–Crippen MR) is 91.6 cm³/mol. The molecule has 0 amide bonds. The van der Waals surface area contributed by atoms with E-state index in [-0.39, 0.29) is 0 Å². The Morgan fingerprint density at radius 3 is 2.43 bits per heavy atom. The van der Waals surface area contributed by atoms with Gasteiger partial charge in [0.05, 0.1) is 0 Å². The van der Waals surface area contributed by atoms with E-state index in [1.165, 1.54) is 30.5 Å². The average Bonchev–Trinajstić information content (AvgIpc) is 2.46. The van der Waals surface area contributed by atoms with E-state index in [2.05, 4.69) is 69.1 Å². The summed E-state index contributed by atoms with van der Waals surface area (Å²) >= 11 is 0. The zero-order chi connectivity index (χ0) is 15.4. The molecule has 2 heteroatoms. The van der Waals surface area contributed by atoms with E-state index in [1.807, 2.05) is 0 Å². The summed E-state index contributed by atoms with van der Waals surface area (Å²) in [5.74, 6) is 0.761. The van der Waals surface area contributed by atoms with Crippen LogP contribution in [0.15, 0.2) is 24.3 Å². The molecule has 1 aromatic rings. The fourth-order valence-corrected chi connectivity index (χ4v) is 3.50. The molecule has 0 aliphatic carbocycles. The van der Waals surface area contributed by atoms with Crippen LogP contribution in [0.4, 0.5) is 0 Å². The van der Waals surface area contributed by atoms with Gasteiger partial charge in [0.2, 0.25) is 0 Å². The number of piperazine rings is 1. The second-order valence-corrected chi connectivity index (χ2v) is 7.08. The molecule has 2 rings (SSSR count). The molecular formula is C19H32N2. The minimum Gasteiger partial charge on any atom is -0.311 e. The second-order valence-electron chi connectivity index (χ2n) is 7.08. The SMILES string of the molecule is CCC1CNC(CC(C)C)CN1C(C)c1ccc(C)cc1. The first-order valence-electron chi connectivity index (χ1n) is 8.57. The fraction of sp³-hybridized carbons (Fsp3) is 0.684. The number of hydrogen-bond donors (Lipinski definition) is 1. The van der Waals surface area contributed by atoms with E-state index < -0.39 is 0 Å². The Hall–Kier alpha value is -0.860.